The molecule has 0 aliphatic rings. The summed E-state index contributed by atoms with van der Waals surface area (Å²) >= 11 is 0. The van der Waals surface area contributed by atoms with E-state index < -0.39 is 0 Å². The maximum atomic E-state index is 5.52. The molecule has 106 valence electrons. The largest absolute Gasteiger partial charge is 0.477 e. The number of nitrogens with one attached hydrogen (secondary N) is 1. The third-order valence-corrected chi connectivity index (χ3v) is 3.08. The third kappa shape index (κ3) is 4.03. The number of hydrogen-bond acceptors (Lipinski definition) is 4. The second kappa shape index (κ2) is 7.60. The number of likely N-dealkylation sites (N-methyl/N-ethyl adjacent to an activating group) is 1. The van der Waals surface area contributed by atoms with Crippen LogP contribution in [0.5, 0.6) is 5.88 Å². The van der Waals surface area contributed by atoms with Gasteiger partial charge in [0.15, 0.2) is 0 Å². The standard InChI is InChI=1S/C16H21N3O/c1-3-9-20-16-12-18-11-14(19-16)10-15(17-2)13-7-5-4-6-8-13/h4-8,11-12,15,17H,3,9-10H2,1-2H3. The molecule has 0 aliphatic carbocycles. The summed E-state index contributed by atoms with van der Waals surface area (Å²) < 4.78 is 5.52. The molecule has 0 saturated heterocycles. The Balaban J connectivity index is 2.07. The molecular formula is C16H21N3O. The molecular weight excluding hydrogens is 250 g/mol. The quantitative estimate of drug-likeness (QED) is 0.841. The lowest BCUT2D eigenvalue weighted by molar-refractivity contribution is 0.302. The van der Waals surface area contributed by atoms with Crippen LogP contribution in [0.25, 0.3) is 0 Å². The van der Waals surface area contributed by atoms with Gasteiger partial charge in [-0.1, -0.05) is 37.3 Å². The monoisotopic (exact) mass is 271 g/mol. The Bertz CT molecular complexity index is 516. The maximum Gasteiger partial charge on any atom is 0.232 e. The van der Waals surface area contributed by atoms with E-state index in [2.05, 4.69) is 34.3 Å². The highest BCUT2D eigenvalue weighted by Crippen LogP contribution is 2.17. The Morgan fingerprint density at radius 2 is 2.00 bits per heavy atom. The molecule has 4 heteroatoms. The fraction of sp³-hybridized carbons (Fsp3) is 0.375. The first-order valence-electron chi connectivity index (χ1n) is 6.99. The Kier molecular flexibility index (Phi) is 5.50. The SMILES string of the molecule is CCCOc1cncc(CC(NC)c2ccccc2)n1. The van der Waals surface area contributed by atoms with Gasteiger partial charge in [0.1, 0.15) is 0 Å². The number of aromatic nitrogens is 2. The first-order chi connectivity index (χ1) is 9.83. The minimum absolute atomic E-state index is 0.229. The summed E-state index contributed by atoms with van der Waals surface area (Å²) in [5.74, 6) is 0.604. The van der Waals surface area contributed by atoms with Gasteiger partial charge in [-0.25, -0.2) is 4.98 Å². The zero-order valence-electron chi connectivity index (χ0n) is 12.0. The topological polar surface area (TPSA) is 47.0 Å². The summed E-state index contributed by atoms with van der Waals surface area (Å²) in [6.07, 6.45) is 5.22. The molecule has 0 bridgehead atoms. The molecule has 20 heavy (non-hydrogen) atoms. The van der Waals surface area contributed by atoms with Crippen molar-refractivity contribution in [2.24, 2.45) is 0 Å². The van der Waals surface area contributed by atoms with Crippen LogP contribution in [-0.2, 0) is 6.42 Å². The predicted octanol–water partition coefficient (Wildman–Crippen LogP) is 2.77. The highest BCUT2D eigenvalue weighted by molar-refractivity contribution is 5.21. The minimum Gasteiger partial charge on any atom is -0.477 e. The van der Waals surface area contributed by atoms with E-state index in [9.17, 15) is 0 Å². The molecule has 1 N–H and O–H groups in total. The minimum atomic E-state index is 0.229. The van der Waals surface area contributed by atoms with Gasteiger partial charge >= 0.3 is 0 Å². The number of hydrogen-bond donors (Lipinski definition) is 1. The Labute approximate surface area is 120 Å². The van der Waals surface area contributed by atoms with Crippen LogP contribution in [0.2, 0.25) is 0 Å². The van der Waals surface area contributed by atoms with Crippen LogP contribution in [0.3, 0.4) is 0 Å². The van der Waals surface area contributed by atoms with Gasteiger partial charge in [-0.05, 0) is 19.0 Å². The van der Waals surface area contributed by atoms with Crippen molar-refractivity contribution in [3.05, 3.63) is 54.0 Å². The molecule has 2 rings (SSSR count). The van der Waals surface area contributed by atoms with Crippen LogP contribution in [0.1, 0.15) is 30.6 Å². The zero-order valence-corrected chi connectivity index (χ0v) is 12.0. The Morgan fingerprint density at radius 3 is 2.70 bits per heavy atom. The second-order valence-electron chi connectivity index (χ2n) is 4.65. The summed E-state index contributed by atoms with van der Waals surface area (Å²) in [6, 6.07) is 10.6. The van der Waals surface area contributed by atoms with Crippen LogP contribution >= 0.6 is 0 Å². The van der Waals surface area contributed by atoms with Gasteiger partial charge in [-0.15, -0.1) is 0 Å². The predicted molar refractivity (Wildman–Crippen MR) is 79.8 cm³/mol. The van der Waals surface area contributed by atoms with Crippen molar-refractivity contribution in [3.8, 4) is 5.88 Å². The molecule has 4 nitrogen and oxygen atoms in total. The first-order valence-corrected chi connectivity index (χ1v) is 6.99. The number of ether oxygens (including phenoxy) is 1. The summed E-state index contributed by atoms with van der Waals surface area (Å²) in [4.78, 5) is 8.70. The molecule has 0 fully saturated rings. The fourth-order valence-corrected chi connectivity index (χ4v) is 2.04. The average Bonchev–Trinajstić information content (AvgIpc) is 2.52. The molecule has 0 aliphatic heterocycles. The molecule has 1 aromatic heterocycles. The molecule has 1 atom stereocenters. The van der Waals surface area contributed by atoms with E-state index in [1.807, 2.05) is 25.2 Å². The first kappa shape index (κ1) is 14.5. The highest BCUT2D eigenvalue weighted by atomic mass is 16.5. The van der Waals surface area contributed by atoms with Crippen molar-refractivity contribution in [2.75, 3.05) is 13.7 Å². The summed E-state index contributed by atoms with van der Waals surface area (Å²) in [6.45, 7) is 2.75. The van der Waals surface area contributed by atoms with Crippen molar-refractivity contribution >= 4 is 0 Å². The third-order valence-electron chi connectivity index (χ3n) is 3.08. The van der Waals surface area contributed by atoms with E-state index in [4.69, 9.17) is 4.74 Å². The second-order valence-corrected chi connectivity index (χ2v) is 4.65. The molecule has 1 heterocycles. The van der Waals surface area contributed by atoms with Crippen LogP contribution < -0.4 is 10.1 Å². The van der Waals surface area contributed by atoms with Gasteiger partial charge in [-0.3, -0.25) is 4.98 Å². The lowest BCUT2D eigenvalue weighted by Crippen LogP contribution is -2.19. The molecule has 0 amide bonds. The van der Waals surface area contributed by atoms with Crippen molar-refractivity contribution in [1.29, 1.82) is 0 Å². The van der Waals surface area contributed by atoms with Gasteiger partial charge in [0.05, 0.1) is 18.5 Å². The molecule has 0 saturated carbocycles. The van der Waals surface area contributed by atoms with Gasteiger partial charge < -0.3 is 10.1 Å². The van der Waals surface area contributed by atoms with Crippen molar-refractivity contribution < 1.29 is 4.74 Å². The van der Waals surface area contributed by atoms with Gasteiger partial charge in [0.25, 0.3) is 0 Å². The Morgan fingerprint density at radius 1 is 1.20 bits per heavy atom. The fourth-order valence-electron chi connectivity index (χ4n) is 2.04. The van der Waals surface area contributed by atoms with E-state index in [1.54, 1.807) is 12.4 Å². The summed E-state index contributed by atoms with van der Waals surface area (Å²) in [7, 11) is 1.96. The average molecular weight is 271 g/mol. The molecule has 0 radical (unpaired) electrons. The van der Waals surface area contributed by atoms with Crippen LogP contribution in [0.4, 0.5) is 0 Å². The molecule has 1 unspecified atom stereocenters. The number of nitrogens with zero attached hydrogens (tertiary/aromatic N) is 2. The van der Waals surface area contributed by atoms with E-state index in [-0.39, 0.29) is 6.04 Å². The molecule has 2 aromatic rings. The van der Waals surface area contributed by atoms with E-state index in [0.717, 1.165) is 18.5 Å². The van der Waals surface area contributed by atoms with E-state index in [0.29, 0.717) is 12.5 Å². The van der Waals surface area contributed by atoms with Crippen LogP contribution in [-0.4, -0.2) is 23.6 Å². The Hall–Kier alpha value is -1.94. The smallest absolute Gasteiger partial charge is 0.232 e. The van der Waals surface area contributed by atoms with Crippen molar-refractivity contribution in [1.82, 2.24) is 15.3 Å². The van der Waals surface area contributed by atoms with Gasteiger partial charge in [-0.2, -0.15) is 0 Å². The highest BCUT2D eigenvalue weighted by Gasteiger charge is 2.11. The van der Waals surface area contributed by atoms with Crippen molar-refractivity contribution in [2.45, 2.75) is 25.8 Å². The van der Waals surface area contributed by atoms with Gasteiger partial charge in [0, 0.05) is 18.7 Å². The van der Waals surface area contributed by atoms with E-state index >= 15 is 0 Å². The summed E-state index contributed by atoms with van der Waals surface area (Å²) in [5, 5.41) is 3.32. The van der Waals surface area contributed by atoms with Gasteiger partial charge in [0.2, 0.25) is 5.88 Å². The van der Waals surface area contributed by atoms with Crippen molar-refractivity contribution in [3.63, 3.8) is 0 Å². The number of benzene rings is 1. The number of rotatable bonds is 7. The summed E-state index contributed by atoms with van der Waals surface area (Å²) in [5.41, 5.74) is 2.18. The lowest BCUT2D eigenvalue weighted by Gasteiger charge is -2.16. The normalized spacial score (nSPS) is 12.1. The lowest BCUT2D eigenvalue weighted by atomic mass is 10.0. The van der Waals surface area contributed by atoms with Crippen LogP contribution in [0, 0.1) is 0 Å². The maximum absolute atomic E-state index is 5.52. The molecule has 1 aromatic carbocycles. The zero-order chi connectivity index (χ0) is 14.2. The molecule has 0 spiro atoms. The van der Waals surface area contributed by atoms with E-state index in [1.165, 1.54) is 5.56 Å². The van der Waals surface area contributed by atoms with Crippen LogP contribution in [0.15, 0.2) is 42.7 Å².